The predicted molar refractivity (Wildman–Crippen MR) is 138 cm³/mol. The molecule has 2 aliphatic rings. The summed E-state index contributed by atoms with van der Waals surface area (Å²) in [6, 6.07) is 16.3. The molecule has 6 heteroatoms. The number of hydrogen-bond acceptors (Lipinski definition) is 5. The number of carbonyl (C=O) groups excluding carboxylic acids is 3. The first-order valence-electron chi connectivity index (χ1n) is 12.0. The minimum absolute atomic E-state index is 0.0248. The van der Waals surface area contributed by atoms with Crippen LogP contribution in [-0.2, 0) is 4.74 Å². The number of carbonyl (C=O) groups is 3. The van der Waals surface area contributed by atoms with Gasteiger partial charge in [-0.05, 0) is 63.3 Å². The Hall–Kier alpha value is -4.32. The second kappa shape index (κ2) is 9.38. The molecule has 2 aromatic carbocycles. The number of aliphatic imine (C=N–C) groups is 1. The summed E-state index contributed by atoms with van der Waals surface area (Å²) in [5.41, 5.74) is 6.04. The first-order chi connectivity index (χ1) is 17.4. The van der Waals surface area contributed by atoms with Crippen LogP contribution in [0, 0.1) is 25.7 Å². The maximum atomic E-state index is 13.1. The van der Waals surface area contributed by atoms with Crippen molar-refractivity contribution in [3.05, 3.63) is 112 Å². The zero-order valence-corrected chi connectivity index (χ0v) is 20.4. The number of allylic oxidation sites excluding steroid dienone is 3. The number of fused-ring (bicyclic) bond motifs is 2. The van der Waals surface area contributed by atoms with Crippen molar-refractivity contribution in [3.63, 3.8) is 0 Å². The van der Waals surface area contributed by atoms with Gasteiger partial charge < -0.3 is 9.30 Å². The van der Waals surface area contributed by atoms with Crippen LogP contribution in [0.1, 0.15) is 54.9 Å². The number of aryl methyl sites for hydroxylation is 1. The SMILES string of the molecule is CCOC(=O)c1ccc(-n2c(C)cc(C=NC3=C[C@@H]4C(=O)c5ccccc5C(=O)[C@@H]4C=C3)c2C)cc1. The van der Waals surface area contributed by atoms with Crippen molar-refractivity contribution in [1.82, 2.24) is 4.57 Å². The maximum absolute atomic E-state index is 13.1. The fourth-order valence-electron chi connectivity index (χ4n) is 4.93. The molecule has 2 aliphatic carbocycles. The van der Waals surface area contributed by atoms with Crippen LogP contribution in [0.3, 0.4) is 0 Å². The van der Waals surface area contributed by atoms with Crippen LogP contribution >= 0.6 is 0 Å². The lowest BCUT2D eigenvalue weighted by molar-refractivity contribution is 0.0526. The van der Waals surface area contributed by atoms with Gasteiger partial charge in [-0.25, -0.2) is 4.79 Å². The summed E-state index contributed by atoms with van der Waals surface area (Å²) in [5.74, 6) is -1.42. The highest BCUT2D eigenvalue weighted by Crippen LogP contribution is 2.35. The van der Waals surface area contributed by atoms with E-state index in [1.54, 1.807) is 61.7 Å². The topological polar surface area (TPSA) is 77.7 Å². The first kappa shape index (κ1) is 23.4. The molecule has 1 aromatic heterocycles. The average Bonchev–Trinajstić information content (AvgIpc) is 3.18. The number of ketones is 2. The van der Waals surface area contributed by atoms with Crippen molar-refractivity contribution in [3.8, 4) is 5.69 Å². The fraction of sp³-hybridized carbons (Fsp3) is 0.200. The van der Waals surface area contributed by atoms with Gasteiger partial charge in [0.1, 0.15) is 0 Å². The van der Waals surface area contributed by atoms with E-state index in [-0.39, 0.29) is 17.5 Å². The molecule has 5 rings (SSSR count). The summed E-state index contributed by atoms with van der Waals surface area (Å²) in [7, 11) is 0. The van der Waals surface area contributed by atoms with Gasteiger partial charge in [-0.1, -0.05) is 30.3 Å². The van der Waals surface area contributed by atoms with Gasteiger partial charge in [-0.2, -0.15) is 0 Å². The quantitative estimate of drug-likeness (QED) is 0.361. The van der Waals surface area contributed by atoms with Gasteiger partial charge in [0.15, 0.2) is 11.6 Å². The molecule has 2 atom stereocenters. The Morgan fingerprint density at radius 1 is 1.00 bits per heavy atom. The number of Topliss-reactive ketones (excluding diaryl/α,β-unsaturated/α-hetero) is 2. The van der Waals surface area contributed by atoms with E-state index in [0.717, 1.165) is 22.6 Å². The third-order valence-corrected chi connectivity index (χ3v) is 6.73. The van der Waals surface area contributed by atoms with Crippen LogP contribution in [0.25, 0.3) is 5.69 Å². The van der Waals surface area contributed by atoms with Gasteiger partial charge in [0.05, 0.1) is 29.7 Å². The highest BCUT2D eigenvalue weighted by atomic mass is 16.5. The Balaban J connectivity index is 1.39. The van der Waals surface area contributed by atoms with Crippen LogP contribution in [0.15, 0.2) is 83.5 Å². The molecule has 1 heterocycles. The van der Waals surface area contributed by atoms with Crippen LogP contribution in [0.4, 0.5) is 0 Å². The van der Waals surface area contributed by atoms with Crippen molar-refractivity contribution in [1.29, 1.82) is 0 Å². The molecule has 36 heavy (non-hydrogen) atoms. The molecule has 0 radical (unpaired) electrons. The van der Waals surface area contributed by atoms with Gasteiger partial charge in [-0.3, -0.25) is 14.6 Å². The fourth-order valence-corrected chi connectivity index (χ4v) is 4.93. The molecule has 0 fully saturated rings. The molecule has 0 aliphatic heterocycles. The standard InChI is InChI=1S/C30H26N2O4/c1-4-36-30(35)20-9-12-23(13-10-20)32-18(2)15-21(19(32)3)17-31-22-11-14-26-27(16-22)29(34)25-8-6-5-7-24(25)28(26)33/h5-17,26-27H,4H2,1-3H3/t26-,27+/m1/s1. The highest BCUT2D eigenvalue weighted by Gasteiger charge is 2.40. The molecule has 0 bridgehead atoms. The van der Waals surface area contributed by atoms with Crippen molar-refractivity contribution in [2.24, 2.45) is 16.8 Å². The number of nitrogens with zero attached hydrogens (tertiary/aromatic N) is 2. The molecule has 3 aromatic rings. The van der Waals surface area contributed by atoms with E-state index in [0.29, 0.717) is 29.0 Å². The summed E-state index contributed by atoms with van der Waals surface area (Å²) in [6.07, 6.45) is 7.18. The molecule has 0 saturated heterocycles. The molecule has 180 valence electrons. The molecule has 0 amide bonds. The van der Waals surface area contributed by atoms with Crippen molar-refractivity contribution in [2.45, 2.75) is 20.8 Å². The second-order valence-electron chi connectivity index (χ2n) is 8.96. The molecule has 0 saturated carbocycles. The number of ether oxygens (including phenoxy) is 1. The lowest BCUT2D eigenvalue weighted by atomic mass is 9.72. The van der Waals surface area contributed by atoms with Gasteiger partial charge in [0.25, 0.3) is 0 Å². The largest absolute Gasteiger partial charge is 0.462 e. The summed E-state index contributed by atoms with van der Waals surface area (Å²) in [5, 5.41) is 0. The number of benzene rings is 2. The summed E-state index contributed by atoms with van der Waals surface area (Å²) < 4.78 is 7.16. The van der Waals surface area contributed by atoms with Gasteiger partial charge in [0, 0.05) is 40.0 Å². The Labute approximate surface area is 209 Å². The normalized spacial score (nSPS) is 18.7. The van der Waals surface area contributed by atoms with Gasteiger partial charge >= 0.3 is 5.97 Å². The van der Waals surface area contributed by atoms with E-state index in [9.17, 15) is 14.4 Å². The van der Waals surface area contributed by atoms with Crippen molar-refractivity contribution < 1.29 is 19.1 Å². The summed E-state index contributed by atoms with van der Waals surface area (Å²) in [6.45, 7) is 6.14. The lowest BCUT2D eigenvalue weighted by Crippen LogP contribution is -2.35. The highest BCUT2D eigenvalue weighted by molar-refractivity contribution is 6.17. The van der Waals surface area contributed by atoms with E-state index in [1.165, 1.54) is 0 Å². The molecule has 6 nitrogen and oxygen atoms in total. The van der Waals surface area contributed by atoms with E-state index in [1.807, 2.05) is 38.1 Å². The number of rotatable bonds is 5. The maximum Gasteiger partial charge on any atom is 0.338 e. The zero-order valence-electron chi connectivity index (χ0n) is 20.4. The van der Waals surface area contributed by atoms with Crippen LogP contribution < -0.4 is 0 Å². The van der Waals surface area contributed by atoms with Crippen LogP contribution in [0.2, 0.25) is 0 Å². The minimum Gasteiger partial charge on any atom is -0.462 e. The Morgan fingerprint density at radius 2 is 1.67 bits per heavy atom. The van der Waals surface area contributed by atoms with Crippen LogP contribution in [-0.4, -0.2) is 34.9 Å². The zero-order chi connectivity index (χ0) is 25.4. The molecule has 0 N–H and O–H groups in total. The monoisotopic (exact) mass is 478 g/mol. The summed E-state index contributed by atoms with van der Waals surface area (Å²) >= 11 is 0. The Morgan fingerprint density at radius 3 is 2.33 bits per heavy atom. The number of aromatic nitrogens is 1. The van der Waals surface area contributed by atoms with Gasteiger partial charge in [0.2, 0.25) is 0 Å². The molecule has 0 unspecified atom stereocenters. The Kier molecular flexibility index (Phi) is 6.10. The van der Waals surface area contributed by atoms with Crippen molar-refractivity contribution in [2.75, 3.05) is 6.61 Å². The lowest BCUT2D eigenvalue weighted by Gasteiger charge is -2.28. The first-order valence-corrected chi connectivity index (χ1v) is 12.0. The second-order valence-corrected chi connectivity index (χ2v) is 8.96. The minimum atomic E-state index is -0.533. The molecular weight excluding hydrogens is 452 g/mol. The number of esters is 1. The van der Waals surface area contributed by atoms with Crippen molar-refractivity contribution >= 4 is 23.8 Å². The molecular formula is C30H26N2O4. The molecule has 0 spiro atoms. The third kappa shape index (κ3) is 4.05. The third-order valence-electron chi connectivity index (χ3n) is 6.73. The van der Waals surface area contributed by atoms with E-state index in [4.69, 9.17) is 4.74 Å². The predicted octanol–water partition coefficient (Wildman–Crippen LogP) is 5.46. The Bertz CT molecular complexity index is 1470. The van der Waals surface area contributed by atoms with E-state index >= 15 is 0 Å². The smallest absolute Gasteiger partial charge is 0.338 e. The van der Waals surface area contributed by atoms with E-state index < -0.39 is 11.8 Å². The van der Waals surface area contributed by atoms with Gasteiger partial charge in [-0.15, -0.1) is 0 Å². The van der Waals surface area contributed by atoms with E-state index in [2.05, 4.69) is 9.56 Å². The van der Waals surface area contributed by atoms with Crippen LogP contribution in [0.5, 0.6) is 0 Å². The summed E-state index contributed by atoms with van der Waals surface area (Å²) in [4.78, 5) is 42.6. The number of hydrogen-bond donors (Lipinski definition) is 0. The average molecular weight is 479 g/mol.